The highest BCUT2D eigenvalue weighted by Gasteiger charge is 2.15. The molecule has 9 nitrogen and oxygen atoms in total. The minimum absolute atomic E-state index is 0.138. The Bertz CT molecular complexity index is 1030. The average molecular weight is 362 g/mol. The van der Waals surface area contributed by atoms with Gasteiger partial charge in [0, 0.05) is 24.0 Å². The minimum Gasteiger partial charge on any atom is -0.495 e. The zero-order valence-electron chi connectivity index (χ0n) is 13.4. The number of benzene rings is 1. The number of nitrogens with one attached hydrogen (secondary N) is 1. The van der Waals surface area contributed by atoms with Crippen molar-refractivity contribution in [3.63, 3.8) is 0 Å². The Balaban J connectivity index is 1.95. The van der Waals surface area contributed by atoms with Crippen LogP contribution >= 0.6 is 0 Å². The van der Waals surface area contributed by atoms with E-state index in [9.17, 15) is 18.5 Å². The molecule has 0 radical (unpaired) electrons. The van der Waals surface area contributed by atoms with Gasteiger partial charge in [-0.15, -0.1) is 5.10 Å². The summed E-state index contributed by atoms with van der Waals surface area (Å²) in [7, 11) is -3.52. The van der Waals surface area contributed by atoms with Crippen molar-refractivity contribution in [2.24, 2.45) is 0 Å². The summed E-state index contributed by atoms with van der Waals surface area (Å²) in [4.78, 5) is 4.40. The first kappa shape index (κ1) is 17.2. The van der Waals surface area contributed by atoms with Gasteiger partial charge < -0.3 is 20.1 Å². The largest absolute Gasteiger partial charge is 0.495 e. The number of hydrogen-bond donors (Lipinski definition) is 3. The molecule has 0 bridgehead atoms. The van der Waals surface area contributed by atoms with E-state index < -0.39 is 17.0 Å². The number of sulfone groups is 1. The number of nitrogens with zero attached hydrogens (tertiary/aromatic N) is 3. The number of ether oxygens (including phenoxy) is 1. The van der Waals surface area contributed by atoms with E-state index in [-0.39, 0.29) is 16.3 Å². The van der Waals surface area contributed by atoms with Crippen LogP contribution in [0.5, 0.6) is 5.75 Å². The Morgan fingerprint density at radius 1 is 1.24 bits per heavy atom. The van der Waals surface area contributed by atoms with Crippen molar-refractivity contribution in [2.75, 3.05) is 18.7 Å². The Labute approximate surface area is 144 Å². The van der Waals surface area contributed by atoms with E-state index in [1.54, 1.807) is 12.1 Å². The highest BCUT2D eigenvalue weighted by Crippen LogP contribution is 2.29. The zero-order chi connectivity index (χ0) is 18.2. The second-order valence-corrected chi connectivity index (χ2v) is 7.35. The van der Waals surface area contributed by atoms with Crippen molar-refractivity contribution in [3.8, 4) is 5.75 Å². The smallest absolute Gasteiger partial charge is 0.490 e. The number of hydrogen-bond acceptors (Lipinski definition) is 8. The lowest BCUT2D eigenvalue weighted by Crippen LogP contribution is -2.30. The van der Waals surface area contributed by atoms with Gasteiger partial charge in [-0.3, -0.25) is 0 Å². The van der Waals surface area contributed by atoms with Crippen molar-refractivity contribution in [1.82, 2.24) is 14.6 Å². The van der Waals surface area contributed by atoms with Gasteiger partial charge in [-0.05, 0) is 18.2 Å². The predicted octanol–water partition coefficient (Wildman–Crippen LogP) is -0.435. The summed E-state index contributed by atoms with van der Waals surface area (Å²) in [6, 6.07) is 7.55. The molecule has 0 atom stereocenters. The Morgan fingerprint density at radius 3 is 2.64 bits per heavy atom. The summed E-state index contributed by atoms with van der Waals surface area (Å²) < 4.78 is 29.9. The fourth-order valence-electron chi connectivity index (χ4n) is 2.23. The SMILES string of the molecule is COc1cc(S(C)(=O)=O)ccc1Nc1nc2ccc(B(O)O)cn2n1. The normalized spacial score (nSPS) is 11.5. The Hall–Kier alpha value is -2.63. The predicted molar refractivity (Wildman–Crippen MR) is 92.2 cm³/mol. The van der Waals surface area contributed by atoms with Crippen molar-refractivity contribution < 1.29 is 23.2 Å². The van der Waals surface area contributed by atoms with Gasteiger partial charge in [-0.2, -0.15) is 4.98 Å². The van der Waals surface area contributed by atoms with Crippen LogP contribution in [0.15, 0.2) is 41.4 Å². The summed E-state index contributed by atoms with van der Waals surface area (Å²) in [5.74, 6) is 0.572. The van der Waals surface area contributed by atoms with Gasteiger partial charge in [0.2, 0.25) is 5.95 Å². The van der Waals surface area contributed by atoms with Crippen LogP contribution in [0.1, 0.15) is 0 Å². The number of pyridine rings is 1. The van der Waals surface area contributed by atoms with E-state index in [4.69, 9.17) is 4.74 Å². The Morgan fingerprint density at radius 2 is 2.00 bits per heavy atom. The molecule has 0 saturated carbocycles. The van der Waals surface area contributed by atoms with E-state index in [2.05, 4.69) is 15.4 Å². The standard InChI is InChI=1S/C14H15BN4O5S/c1-24-12-7-10(25(2,22)23)4-5-11(12)16-14-17-13-6-3-9(15(20)21)8-19(13)18-14/h3-8,20-21H,1-2H3,(H,16,18). The second kappa shape index (κ2) is 6.35. The van der Waals surface area contributed by atoms with Crippen molar-refractivity contribution in [1.29, 1.82) is 0 Å². The van der Waals surface area contributed by atoms with Crippen LogP contribution in [0.4, 0.5) is 11.6 Å². The first-order valence-electron chi connectivity index (χ1n) is 7.15. The molecule has 25 heavy (non-hydrogen) atoms. The van der Waals surface area contributed by atoms with E-state index in [0.717, 1.165) is 6.26 Å². The lowest BCUT2D eigenvalue weighted by Gasteiger charge is -2.10. The summed E-state index contributed by atoms with van der Waals surface area (Å²) >= 11 is 0. The maximum absolute atomic E-state index is 11.6. The molecule has 0 aliphatic rings. The molecule has 0 unspecified atom stereocenters. The van der Waals surface area contributed by atoms with E-state index >= 15 is 0 Å². The van der Waals surface area contributed by atoms with Gasteiger partial charge in [0.15, 0.2) is 15.5 Å². The van der Waals surface area contributed by atoms with Crippen LogP contribution in [-0.2, 0) is 9.84 Å². The lowest BCUT2D eigenvalue weighted by atomic mass is 9.82. The molecule has 11 heteroatoms. The summed E-state index contributed by atoms with van der Waals surface area (Å²) in [5, 5.41) is 25.5. The topological polar surface area (TPSA) is 126 Å². The van der Waals surface area contributed by atoms with Crippen LogP contribution in [0.25, 0.3) is 5.65 Å². The average Bonchev–Trinajstić information content (AvgIpc) is 2.95. The van der Waals surface area contributed by atoms with Gasteiger partial charge in [0.05, 0.1) is 17.7 Å². The number of aromatic nitrogens is 3. The molecule has 130 valence electrons. The molecular weight excluding hydrogens is 347 g/mol. The molecule has 3 N–H and O–H groups in total. The second-order valence-electron chi connectivity index (χ2n) is 5.33. The number of fused-ring (bicyclic) bond motifs is 1. The molecule has 1 aromatic carbocycles. The maximum Gasteiger partial charge on any atom is 0.490 e. The van der Waals surface area contributed by atoms with Crippen LogP contribution in [0.3, 0.4) is 0 Å². The summed E-state index contributed by atoms with van der Waals surface area (Å²) in [6.45, 7) is 0. The molecule has 2 heterocycles. The highest BCUT2D eigenvalue weighted by molar-refractivity contribution is 7.90. The number of rotatable bonds is 5. The fourth-order valence-corrected chi connectivity index (χ4v) is 2.87. The third kappa shape index (κ3) is 3.58. The maximum atomic E-state index is 11.6. The third-order valence-electron chi connectivity index (χ3n) is 3.50. The van der Waals surface area contributed by atoms with Crippen LogP contribution < -0.4 is 15.5 Å². The third-order valence-corrected chi connectivity index (χ3v) is 4.61. The first-order chi connectivity index (χ1) is 11.8. The highest BCUT2D eigenvalue weighted by atomic mass is 32.2. The first-order valence-corrected chi connectivity index (χ1v) is 9.04. The van der Waals surface area contributed by atoms with E-state index in [1.807, 2.05) is 0 Å². The van der Waals surface area contributed by atoms with Gasteiger partial charge in [-0.25, -0.2) is 12.9 Å². The monoisotopic (exact) mass is 362 g/mol. The van der Waals surface area contributed by atoms with Crippen LogP contribution in [0.2, 0.25) is 0 Å². The van der Waals surface area contributed by atoms with Gasteiger partial charge in [0.25, 0.3) is 0 Å². The van der Waals surface area contributed by atoms with Gasteiger partial charge >= 0.3 is 7.12 Å². The van der Waals surface area contributed by atoms with Gasteiger partial charge in [-0.1, -0.05) is 6.07 Å². The molecule has 0 spiro atoms. The number of methoxy groups -OCH3 is 1. The van der Waals surface area contributed by atoms with E-state index in [1.165, 1.54) is 36.0 Å². The molecule has 0 fully saturated rings. The molecule has 3 rings (SSSR count). The molecular formula is C14H15BN4O5S. The van der Waals surface area contributed by atoms with Gasteiger partial charge in [0.1, 0.15) is 5.75 Å². The summed E-state index contributed by atoms with van der Waals surface area (Å²) in [5.41, 5.74) is 1.27. The number of anilines is 2. The molecule has 2 aromatic heterocycles. The quantitative estimate of drug-likeness (QED) is 0.522. The van der Waals surface area contributed by atoms with Crippen molar-refractivity contribution in [3.05, 3.63) is 36.5 Å². The van der Waals surface area contributed by atoms with E-state index in [0.29, 0.717) is 17.1 Å². The van der Waals surface area contributed by atoms with Crippen LogP contribution in [0, 0.1) is 0 Å². The molecule has 0 aliphatic heterocycles. The summed E-state index contributed by atoms with van der Waals surface area (Å²) in [6.07, 6.45) is 2.56. The molecule has 3 aromatic rings. The van der Waals surface area contributed by atoms with Crippen LogP contribution in [-0.4, -0.2) is 53.5 Å². The van der Waals surface area contributed by atoms with Crippen molar-refractivity contribution in [2.45, 2.75) is 4.90 Å². The lowest BCUT2D eigenvalue weighted by molar-refractivity contribution is 0.415. The zero-order valence-corrected chi connectivity index (χ0v) is 14.2. The Kier molecular flexibility index (Phi) is 4.37. The molecule has 0 saturated heterocycles. The van der Waals surface area contributed by atoms with Crippen molar-refractivity contribution >= 4 is 39.7 Å². The fraction of sp³-hybridized carbons (Fsp3) is 0.143. The molecule has 0 aliphatic carbocycles. The molecule has 0 amide bonds. The minimum atomic E-state index is -3.35.